The predicted octanol–water partition coefficient (Wildman–Crippen LogP) is 2.71. The summed E-state index contributed by atoms with van der Waals surface area (Å²) in [4.78, 5) is 23.5. The number of hydrogen-bond acceptors (Lipinski definition) is 2. The number of nitrogens with one attached hydrogen (secondary N) is 2. The first-order chi connectivity index (χ1) is 9.29. The first kappa shape index (κ1) is 16.2. The molecule has 0 saturated heterocycles. The summed E-state index contributed by atoms with van der Waals surface area (Å²) >= 11 is 0. The van der Waals surface area contributed by atoms with Crippen LogP contribution in [-0.2, 0) is 9.59 Å². The Kier molecular flexibility index (Phi) is 5.74. The highest BCUT2D eigenvalue weighted by Gasteiger charge is 2.12. The molecule has 0 spiro atoms. The molecule has 20 heavy (non-hydrogen) atoms. The Labute approximate surface area is 121 Å². The third kappa shape index (κ3) is 5.03. The standard InChI is InChI=1S/C16H24N2O2/c1-10(2)9-17-14(19)8-15(20)18-16-12(4)6-11(3)7-13(16)5/h6-7,10H,8-9H2,1-5H3,(H,17,19)(H,18,20). The lowest BCUT2D eigenvalue weighted by atomic mass is 10.0. The summed E-state index contributed by atoms with van der Waals surface area (Å²) in [5.74, 6) is -0.136. The fraction of sp³-hybridized carbons (Fsp3) is 0.500. The van der Waals surface area contributed by atoms with Gasteiger partial charge in [-0.25, -0.2) is 0 Å². The molecule has 0 bridgehead atoms. The van der Waals surface area contributed by atoms with Gasteiger partial charge >= 0.3 is 0 Å². The number of hydrogen-bond donors (Lipinski definition) is 2. The monoisotopic (exact) mass is 276 g/mol. The van der Waals surface area contributed by atoms with Crippen molar-refractivity contribution in [3.63, 3.8) is 0 Å². The van der Waals surface area contributed by atoms with Crippen LogP contribution >= 0.6 is 0 Å². The number of anilines is 1. The van der Waals surface area contributed by atoms with Crippen LogP contribution in [0.3, 0.4) is 0 Å². The van der Waals surface area contributed by atoms with Crippen LogP contribution in [0.5, 0.6) is 0 Å². The van der Waals surface area contributed by atoms with Gasteiger partial charge in [0.2, 0.25) is 11.8 Å². The van der Waals surface area contributed by atoms with Gasteiger partial charge in [-0.3, -0.25) is 9.59 Å². The lowest BCUT2D eigenvalue weighted by Gasteiger charge is -2.13. The van der Waals surface area contributed by atoms with Crippen LogP contribution in [0.25, 0.3) is 0 Å². The van der Waals surface area contributed by atoms with Crippen molar-refractivity contribution in [2.45, 2.75) is 41.0 Å². The molecule has 0 fully saturated rings. The van der Waals surface area contributed by atoms with E-state index in [0.29, 0.717) is 12.5 Å². The summed E-state index contributed by atoms with van der Waals surface area (Å²) in [5.41, 5.74) is 3.99. The largest absolute Gasteiger partial charge is 0.355 e. The molecule has 0 aliphatic carbocycles. The summed E-state index contributed by atoms with van der Waals surface area (Å²) < 4.78 is 0. The van der Waals surface area contributed by atoms with Crippen LogP contribution in [0.2, 0.25) is 0 Å². The van der Waals surface area contributed by atoms with Gasteiger partial charge < -0.3 is 10.6 Å². The third-order valence-electron chi connectivity index (χ3n) is 2.97. The van der Waals surface area contributed by atoms with Gasteiger partial charge in [0, 0.05) is 12.2 Å². The van der Waals surface area contributed by atoms with Gasteiger partial charge in [-0.1, -0.05) is 31.5 Å². The van der Waals surface area contributed by atoms with Crippen molar-refractivity contribution in [1.29, 1.82) is 0 Å². The summed E-state index contributed by atoms with van der Waals surface area (Å²) in [5, 5.41) is 5.56. The van der Waals surface area contributed by atoms with Crippen molar-refractivity contribution in [1.82, 2.24) is 5.32 Å². The number of aryl methyl sites for hydroxylation is 3. The van der Waals surface area contributed by atoms with Gasteiger partial charge in [-0.05, 0) is 37.8 Å². The second-order valence-corrected chi connectivity index (χ2v) is 5.70. The summed E-state index contributed by atoms with van der Waals surface area (Å²) in [6.45, 7) is 10.5. The maximum atomic E-state index is 11.9. The molecule has 0 aliphatic rings. The number of carbonyl (C=O) groups is 2. The van der Waals surface area contributed by atoms with Crippen LogP contribution in [0, 0.1) is 26.7 Å². The van der Waals surface area contributed by atoms with E-state index in [1.54, 1.807) is 0 Å². The Morgan fingerprint density at radius 2 is 1.60 bits per heavy atom. The molecule has 0 heterocycles. The van der Waals surface area contributed by atoms with Crippen LogP contribution in [0.15, 0.2) is 12.1 Å². The SMILES string of the molecule is Cc1cc(C)c(NC(=O)CC(=O)NCC(C)C)c(C)c1. The second kappa shape index (κ2) is 7.08. The van der Waals surface area contributed by atoms with E-state index in [0.717, 1.165) is 22.4 Å². The van der Waals surface area contributed by atoms with Crippen molar-refractivity contribution in [3.8, 4) is 0 Å². The smallest absolute Gasteiger partial charge is 0.233 e. The predicted molar refractivity (Wildman–Crippen MR) is 81.7 cm³/mol. The molecule has 1 aromatic carbocycles. The average Bonchev–Trinajstić information content (AvgIpc) is 2.31. The highest BCUT2D eigenvalue weighted by atomic mass is 16.2. The van der Waals surface area contributed by atoms with Gasteiger partial charge in [-0.2, -0.15) is 0 Å². The molecule has 1 rings (SSSR count). The molecule has 0 unspecified atom stereocenters. The van der Waals surface area contributed by atoms with E-state index < -0.39 is 0 Å². The topological polar surface area (TPSA) is 58.2 Å². The van der Waals surface area contributed by atoms with Crippen molar-refractivity contribution in [2.75, 3.05) is 11.9 Å². The van der Waals surface area contributed by atoms with Gasteiger partial charge in [0.05, 0.1) is 0 Å². The lowest BCUT2D eigenvalue weighted by molar-refractivity contribution is -0.126. The van der Waals surface area contributed by atoms with Gasteiger partial charge in [0.15, 0.2) is 0 Å². The highest BCUT2D eigenvalue weighted by molar-refractivity contribution is 6.04. The molecule has 0 aromatic heterocycles. The quantitative estimate of drug-likeness (QED) is 0.812. The van der Waals surface area contributed by atoms with Crippen LogP contribution < -0.4 is 10.6 Å². The Bertz CT molecular complexity index is 484. The molecule has 4 nitrogen and oxygen atoms in total. The molecule has 0 atom stereocenters. The van der Waals surface area contributed by atoms with Crippen molar-refractivity contribution in [3.05, 3.63) is 28.8 Å². The zero-order valence-electron chi connectivity index (χ0n) is 13.0. The minimum atomic E-state index is -0.277. The number of amides is 2. The van der Waals surface area contributed by atoms with Crippen molar-refractivity contribution < 1.29 is 9.59 Å². The van der Waals surface area contributed by atoms with E-state index in [4.69, 9.17) is 0 Å². The maximum Gasteiger partial charge on any atom is 0.233 e. The number of benzene rings is 1. The number of rotatable bonds is 5. The number of carbonyl (C=O) groups excluding carboxylic acids is 2. The normalized spacial score (nSPS) is 10.5. The minimum absolute atomic E-state index is 0.139. The fourth-order valence-corrected chi connectivity index (χ4v) is 2.09. The molecule has 2 amide bonds. The average molecular weight is 276 g/mol. The van der Waals surface area contributed by atoms with Crippen molar-refractivity contribution in [2.24, 2.45) is 5.92 Å². The highest BCUT2D eigenvalue weighted by Crippen LogP contribution is 2.21. The summed E-state index contributed by atoms with van der Waals surface area (Å²) in [6, 6.07) is 4.03. The van der Waals surface area contributed by atoms with E-state index in [-0.39, 0.29) is 18.2 Å². The molecule has 4 heteroatoms. The molecule has 0 aliphatic heterocycles. The Morgan fingerprint density at radius 1 is 1.05 bits per heavy atom. The molecular formula is C16H24N2O2. The van der Waals surface area contributed by atoms with Crippen molar-refractivity contribution >= 4 is 17.5 Å². The Hall–Kier alpha value is -1.84. The van der Waals surface area contributed by atoms with Crippen LogP contribution in [-0.4, -0.2) is 18.4 Å². The van der Waals surface area contributed by atoms with Gasteiger partial charge in [-0.15, -0.1) is 0 Å². The van der Waals surface area contributed by atoms with E-state index in [9.17, 15) is 9.59 Å². The minimum Gasteiger partial charge on any atom is -0.355 e. The van der Waals surface area contributed by atoms with E-state index in [1.165, 1.54) is 0 Å². The molecular weight excluding hydrogens is 252 g/mol. The molecule has 1 aromatic rings. The second-order valence-electron chi connectivity index (χ2n) is 5.70. The zero-order chi connectivity index (χ0) is 15.3. The molecule has 0 saturated carbocycles. The van der Waals surface area contributed by atoms with E-state index in [1.807, 2.05) is 46.8 Å². The fourth-order valence-electron chi connectivity index (χ4n) is 2.09. The van der Waals surface area contributed by atoms with E-state index >= 15 is 0 Å². The zero-order valence-corrected chi connectivity index (χ0v) is 13.0. The summed E-state index contributed by atoms with van der Waals surface area (Å²) in [7, 11) is 0. The molecule has 0 radical (unpaired) electrons. The molecule has 110 valence electrons. The third-order valence-corrected chi connectivity index (χ3v) is 2.97. The lowest BCUT2D eigenvalue weighted by Crippen LogP contribution is -2.31. The van der Waals surface area contributed by atoms with E-state index in [2.05, 4.69) is 10.6 Å². The van der Waals surface area contributed by atoms with Gasteiger partial charge in [0.25, 0.3) is 0 Å². The Balaban J connectivity index is 2.61. The van der Waals surface area contributed by atoms with Crippen LogP contribution in [0.4, 0.5) is 5.69 Å². The molecule has 2 N–H and O–H groups in total. The Morgan fingerprint density at radius 3 is 2.10 bits per heavy atom. The van der Waals surface area contributed by atoms with Crippen LogP contribution in [0.1, 0.15) is 37.0 Å². The van der Waals surface area contributed by atoms with Gasteiger partial charge in [0.1, 0.15) is 6.42 Å². The maximum absolute atomic E-state index is 11.9. The first-order valence-electron chi connectivity index (χ1n) is 6.94. The summed E-state index contributed by atoms with van der Waals surface area (Å²) in [6.07, 6.45) is -0.139. The first-order valence-corrected chi connectivity index (χ1v) is 6.94.